The molecule has 1 heterocycles. The minimum absolute atomic E-state index is 0.0105. The van der Waals surface area contributed by atoms with Crippen LogP contribution >= 0.6 is 0 Å². The fourth-order valence-corrected chi connectivity index (χ4v) is 1.28. The van der Waals surface area contributed by atoms with Crippen LogP contribution in [-0.2, 0) is 4.79 Å². The van der Waals surface area contributed by atoms with E-state index in [9.17, 15) is 9.59 Å². The van der Waals surface area contributed by atoms with E-state index in [-0.39, 0.29) is 12.3 Å². The molecule has 1 aromatic heterocycles. The molecule has 0 saturated heterocycles. The van der Waals surface area contributed by atoms with Crippen LogP contribution < -0.4 is 5.63 Å². The van der Waals surface area contributed by atoms with Crippen LogP contribution in [0.25, 0.3) is 0 Å². The summed E-state index contributed by atoms with van der Waals surface area (Å²) in [4.78, 5) is 21.4. The van der Waals surface area contributed by atoms with Gasteiger partial charge in [0.2, 0.25) is 0 Å². The number of carbonyl (C=O) groups is 1. The largest absolute Gasteiger partial charge is 0.481 e. The molecule has 1 unspecified atom stereocenters. The summed E-state index contributed by atoms with van der Waals surface area (Å²) in [6.45, 7) is 1.86. The van der Waals surface area contributed by atoms with E-state index >= 15 is 0 Å². The van der Waals surface area contributed by atoms with E-state index in [0.717, 1.165) is 0 Å². The molecule has 14 heavy (non-hydrogen) atoms. The van der Waals surface area contributed by atoms with E-state index in [2.05, 4.69) is 0 Å². The van der Waals surface area contributed by atoms with Gasteiger partial charge in [0.05, 0.1) is 6.42 Å². The zero-order valence-corrected chi connectivity index (χ0v) is 7.90. The highest BCUT2D eigenvalue weighted by atomic mass is 16.4. The highest BCUT2D eigenvalue weighted by molar-refractivity contribution is 5.67. The molecule has 1 rings (SSSR count). The van der Waals surface area contributed by atoms with E-state index in [1.807, 2.05) is 6.92 Å². The first-order valence-corrected chi connectivity index (χ1v) is 4.45. The van der Waals surface area contributed by atoms with Gasteiger partial charge in [-0.1, -0.05) is 13.0 Å². The van der Waals surface area contributed by atoms with Crippen LogP contribution in [0.5, 0.6) is 0 Å². The fraction of sp³-hybridized carbons (Fsp3) is 0.400. The van der Waals surface area contributed by atoms with Crippen molar-refractivity contribution < 1.29 is 14.3 Å². The number of carboxylic acids is 1. The van der Waals surface area contributed by atoms with Gasteiger partial charge in [0, 0.05) is 12.0 Å². The van der Waals surface area contributed by atoms with Gasteiger partial charge in [-0.25, -0.2) is 4.79 Å². The molecular weight excluding hydrogens is 184 g/mol. The highest BCUT2D eigenvalue weighted by Gasteiger charge is 2.15. The lowest BCUT2D eigenvalue weighted by Gasteiger charge is -2.09. The molecule has 0 aliphatic carbocycles. The second-order valence-corrected chi connectivity index (χ2v) is 3.05. The summed E-state index contributed by atoms with van der Waals surface area (Å²) in [7, 11) is 0. The van der Waals surface area contributed by atoms with E-state index in [1.54, 1.807) is 12.1 Å². The molecule has 0 aromatic carbocycles. The topological polar surface area (TPSA) is 67.5 Å². The van der Waals surface area contributed by atoms with Gasteiger partial charge in [-0.15, -0.1) is 0 Å². The van der Waals surface area contributed by atoms with Crippen LogP contribution in [0.4, 0.5) is 0 Å². The molecule has 1 aromatic rings. The summed E-state index contributed by atoms with van der Waals surface area (Å²) in [6, 6.07) is 4.52. The first-order valence-electron chi connectivity index (χ1n) is 4.45. The molecule has 0 aliphatic heterocycles. The minimum Gasteiger partial charge on any atom is -0.481 e. The lowest BCUT2D eigenvalue weighted by Crippen LogP contribution is -2.08. The van der Waals surface area contributed by atoms with Crippen molar-refractivity contribution in [2.24, 2.45) is 0 Å². The van der Waals surface area contributed by atoms with Crippen molar-refractivity contribution in [3.05, 3.63) is 34.4 Å². The third-order valence-electron chi connectivity index (χ3n) is 2.03. The van der Waals surface area contributed by atoms with Crippen molar-refractivity contribution in [3.8, 4) is 0 Å². The van der Waals surface area contributed by atoms with Crippen molar-refractivity contribution in [2.45, 2.75) is 25.7 Å². The van der Waals surface area contributed by atoms with E-state index < -0.39 is 11.6 Å². The van der Waals surface area contributed by atoms with Gasteiger partial charge in [-0.05, 0) is 12.5 Å². The van der Waals surface area contributed by atoms with E-state index in [1.165, 1.54) is 6.07 Å². The fourth-order valence-electron chi connectivity index (χ4n) is 1.28. The molecule has 1 N–H and O–H groups in total. The quantitative estimate of drug-likeness (QED) is 0.794. The molecule has 0 radical (unpaired) electrons. The summed E-state index contributed by atoms with van der Waals surface area (Å²) in [5.41, 5.74) is -0.439. The molecule has 0 spiro atoms. The van der Waals surface area contributed by atoms with Gasteiger partial charge in [-0.2, -0.15) is 0 Å². The summed E-state index contributed by atoms with van der Waals surface area (Å²) in [5.74, 6) is -0.660. The number of hydrogen-bond acceptors (Lipinski definition) is 3. The lowest BCUT2D eigenvalue weighted by atomic mass is 9.99. The van der Waals surface area contributed by atoms with Crippen molar-refractivity contribution in [2.75, 3.05) is 0 Å². The van der Waals surface area contributed by atoms with Gasteiger partial charge < -0.3 is 9.52 Å². The maximum atomic E-state index is 10.9. The predicted molar refractivity (Wildman–Crippen MR) is 50.3 cm³/mol. The Morgan fingerprint density at radius 3 is 2.79 bits per heavy atom. The second-order valence-electron chi connectivity index (χ2n) is 3.05. The normalized spacial score (nSPS) is 12.4. The Bertz CT molecular complexity index is 366. The smallest absolute Gasteiger partial charge is 0.335 e. The maximum Gasteiger partial charge on any atom is 0.335 e. The number of rotatable bonds is 4. The molecule has 4 nitrogen and oxygen atoms in total. The van der Waals surface area contributed by atoms with Gasteiger partial charge in [0.25, 0.3) is 0 Å². The van der Waals surface area contributed by atoms with Crippen molar-refractivity contribution in [1.82, 2.24) is 0 Å². The van der Waals surface area contributed by atoms with Crippen LogP contribution in [0.1, 0.15) is 31.4 Å². The summed E-state index contributed by atoms with van der Waals surface area (Å²) < 4.78 is 4.91. The third kappa shape index (κ3) is 2.73. The predicted octanol–water partition coefficient (Wildman–Crippen LogP) is 1.61. The summed E-state index contributed by atoms with van der Waals surface area (Å²) >= 11 is 0. The average Bonchev–Trinajstić information content (AvgIpc) is 2.14. The zero-order chi connectivity index (χ0) is 10.6. The Balaban J connectivity index is 2.89. The van der Waals surface area contributed by atoms with Gasteiger partial charge in [0.15, 0.2) is 0 Å². The molecule has 0 aliphatic rings. The molecule has 0 bridgehead atoms. The Morgan fingerprint density at radius 2 is 2.29 bits per heavy atom. The van der Waals surface area contributed by atoms with Crippen LogP contribution in [0, 0.1) is 0 Å². The molecule has 4 heteroatoms. The van der Waals surface area contributed by atoms with Crippen molar-refractivity contribution in [3.63, 3.8) is 0 Å². The molecular formula is C10H12O4. The first kappa shape index (κ1) is 10.5. The van der Waals surface area contributed by atoms with Crippen molar-refractivity contribution in [1.29, 1.82) is 0 Å². The van der Waals surface area contributed by atoms with Crippen LogP contribution in [0.2, 0.25) is 0 Å². The Hall–Kier alpha value is -1.58. The average molecular weight is 196 g/mol. The minimum atomic E-state index is -0.886. The standard InChI is InChI=1S/C10H12O4/c1-2-7(6-9(11)12)8-4-3-5-10(13)14-8/h3-5,7H,2,6H2,1H3,(H,11,12). The molecule has 0 saturated carbocycles. The highest BCUT2D eigenvalue weighted by Crippen LogP contribution is 2.21. The van der Waals surface area contributed by atoms with Crippen LogP contribution in [-0.4, -0.2) is 11.1 Å². The monoisotopic (exact) mass is 196 g/mol. The Morgan fingerprint density at radius 1 is 1.57 bits per heavy atom. The molecule has 0 fully saturated rings. The van der Waals surface area contributed by atoms with Crippen LogP contribution in [0.15, 0.2) is 27.4 Å². The first-order chi connectivity index (χ1) is 6.63. The third-order valence-corrected chi connectivity index (χ3v) is 2.03. The number of hydrogen-bond donors (Lipinski definition) is 1. The SMILES string of the molecule is CCC(CC(=O)O)c1cccc(=O)o1. The lowest BCUT2D eigenvalue weighted by molar-refractivity contribution is -0.137. The summed E-state index contributed by atoms with van der Waals surface area (Å²) in [6.07, 6.45) is 0.628. The molecule has 76 valence electrons. The van der Waals surface area contributed by atoms with Gasteiger partial charge >= 0.3 is 11.6 Å². The Kier molecular flexibility index (Phi) is 3.45. The van der Waals surface area contributed by atoms with E-state index in [0.29, 0.717) is 12.2 Å². The second kappa shape index (κ2) is 4.60. The Labute approximate surface area is 81.2 Å². The molecule has 0 amide bonds. The van der Waals surface area contributed by atoms with Crippen molar-refractivity contribution >= 4 is 5.97 Å². The van der Waals surface area contributed by atoms with Gasteiger partial charge in [-0.3, -0.25) is 4.79 Å². The zero-order valence-electron chi connectivity index (χ0n) is 7.90. The van der Waals surface area contributed by atoms with Crippen LogP contribution in [0.3, 0.4) is 0 Å². The van der Waals surface area contributed by atoms with Gasteiger partial charge in [0.1, 0.15) is 5.76 Å². The number of carboxylic acid groups (broad SMARTS) is 1. The van der Waals surface area contributed by atoms with E-state index in [4.69, 9.17) is 9.52 Å². The number of aliphatic carboxylic acids is 1. The molecule has 1 atom stereocenters. The summed E-state index contributed by atoms with van der Waals surface area (Å²) in [5, 5.41) is 8.63. The maximum absolute atomic E-state index is 10.9.